The van der Waals surface area contributed by atoms with Crippen LogP contribution in [0.4, 0.5) is 0 Å². The summed E-state index contributed by atoms with van der Waals surface area (Å²) in [6.07, 6.45) is 16.8. The van der Waals surface area contributed by atoms with E-state index in [2.05, 4.69) is 70.9 Å². The van der Waals surface area contributed by atoms with Crippen molar-refractivity contribution in [3.05, 3.63) is 35.9 Å². The predicted molar refractivity (Wildman–Crippen MR) is 151 cm³/mol. The van der Waals surface area contributed by atoms with Crippen LogP contribution in [0.5, 0.6) is 0 Å². The molecule has 0 spiro atoms. The SMILES string of the molecule is CCCCCCCCCCCCC(=O)OC1CC(C)(C)N(OC(C)c2ccccc2)C(CC)(CC)C1. The van der Waals surface area contributed by atoms with Crippen LogP contribution in [0.2, 0.25) is 0 Å². The molecule has 0 aliphatic carbocycles. The molecular formula is C32H55NO3. The molecule has 206 valence electrons. The summed E-state index contributed by atoms with van der Waals surface area (Å²) in [5.74, 6) is -0.0245. The third kappa shape index (κ3) is 9.49. The van der Waals surface area contributed by atoms with E-state index in [0.717, 1.165) is 38.5 Å². The van der Waals surface area contributed by atoms with Crippen LogP contribution in [-0.2, 0) is 14.4 Å². The van der Waals surface area contributed by atoms with Crippen LogP contribution in [-0.4, -0.2) is 28.2 Å². The minimum absolute atomic E-state index is 0.0245. The van der Waals surface area contributed by atoms with E-state index in [0.29, 0.717) is 6.42 Å². The molecule has 1 aromatic carbocycles. The molecule has 1 aliphatic rings. The van der Waals surface area contributed by atoms with Gasteiger partial charge in [-0.15, -0.1) is 0 Å². The Kier molecular flexibility index (Phi) is 13.5. The first-order chi connectivity index (χ1) is 17.3. The molecule has 1 aliphatic heterocycles. The highest BCUT2D eigenvalue weighted by atomic mass is 16.7. The van der Waals surface area contributed by atoms with Crippen molar-refractivity contribution >= 4 is 5.97 Å². The second-order valence-electron chi connectivity index (χ2n) is 11.6. The monoisotopic (exact) mass is 501 g/mol. The van der Waals surface area contributed by atoms with E-state index in [9.17, 15) is 4.79 Å². The lowest BCUT2D eigenvalue weighted by molar-refractivity contribution is -0.323. The van der Waals surface area contributed by atoms with Crippen LogP contribution >= 0.6 is 0 Å². The Morgan fingerprint density at radius 3 is 2.00 bits per heavy atom. The number of hydroxylamine groups is 2. The van der Waals surface area contributed by atoms with Gasteiger partial charge in [0.2, 0.25) is 0 Å². The summed E-state index contributed by atoms with van der Waals surface area (Å²) >= 11 is 0. The number of benzene rings is 1. The average Bonchev–Trinajstić information content (AvgIpc) is 2.86. The highest BCUT2D eigenvalue weighted by Gasteiger charge is 2.51. The van der Waals surface area contributed by atoms with E-state index in [4.69, 9.17) is 9.57 Å². The predicted octanol–water partition coefficient (Wildman–Crippen LogP) is 9.34. The lowest BCUT2D eigenvalue weighted by Gasteiger charge is -2.56. The van der Waals surface area contributed by atoms with E-state index < -0.39 is 0 Å². The quantitative estimate of drug-likeness (QED) is 0.157. The number of piperidine rings is 1. The van der Waals surface area contributed by atoms with Gasteiger partial charge in [-0.3, -0.25) is 9.63 Å². The van der Waals surface area contributed by atoms with Crippen molar-refractivity contribution < 1.29 is 14.4 Å². The Morgan fingerprint density at radius 2 is 1.44 bits per heavy atom. The van der Waals surface area contributed by atoms with Crippen LogP contribution in [0.25, 0.3) is 0 Å². The highest BCUT2D eigenvalue weighted by Crippen LogP contribution is 2.45. The average molecular weight is 502 g/mol. The number of hydrogen-bond acceptors (Lipinski definition) is 4. The Bertz CT molecular complexity index is 728. The zero-order valence-corrected chi connectivity index (χ0v) is 24.3. The minimum atomic E-state index is -0.227. The number of carbonyl (C=O) groups excluding carboxylic acids is 1. The van der Waals surface area contributed by atoms with Crippen LogP contribution in [0, 0.1) is 0 Å². The maximum absolute atomic E-state index is 12.7. The molecule has 4 nitrogen and oxygen atoms in total. The lowest BCUT2D eigenvalue weighted by Crippen LogP contribution is -2.64. The molecule has 0 N–H and O–H groups in total. The van der Waals surface area contributed by atoms with Crippen LogP contribution in [0.15, 0.2) is 30.3 Å². The van der Waals surface area contributed by atoms with Crippen molar-refractivity contribution in [3.63, 3.8) is 0 Å². The summed E-state index contributed by atoms with van der Waals surface area (Å²) in [4.78, 5) is 19.4. The largest absolute Gasteiger partial charge is 0.462 e. The van der Waals surface area contributed by atoms with Gasteiger partial charge in [0.1, 0.15) is 12.2 Å². The Labute approximate surface area is 222 Å². The number of carbonyl (C=O) groups is 1. The van der Waals surface area contributed by atoms with Gasteiger partial charge in [0.15, 0.2) is 0 Å². The zero-order chi connectivity index (χ0) is 26.4. The van der Waals surface area contributed by atoms with Gasteiger partial charge in [-0.2, -0.15) is 5.06 Å². The fraction of sp³-hybridized carbons (Fsp3) is 0.781. The molecule has 0 saturated carbocycles. The van der Waals surface area contributed by atoms with Gasteiger partial charge in [0.05, 0.1) is 0 Å². The number of hydrogen-bond donors (Lipinski definition) is 0. The standard InChI is InChI=1S/C32H55NO3/c1-7-10-11-12-13-14-15-16-17-21-24-30(34)35-29-25-31(5,6)33(32(8-2,9-3)26-29)36-27(4)28-22-19-18-20-23-28/h18-20,22-23,27,29H,7-17,21,24-26H2,1-6H3. The number of esters is 1. The van der Waals surface area contributed by atoms with Gasteiger partial charge >= 0.3 is 5.97 Å². The molecule has 0 aromatic heterocycles. The summed E-state index contributed by atoms with van der Waals surface area (Å²) < 4.78 is 6.09. The van der Waals surface area contributed by atoms with E-state index in [1.54, 1.807) is 0 Å². The maximum Gasteiger partial charge on any atom is 0.306 e. The smallest absolute Gasteiger partial charge is 0.306 e. The molecule has 1 saturated heterocycles. The first-order valence-electron chi connectivity index (χ1n) is 15.0. The molecule has 0 radical (unpaired) electrons. The fourth-order valence-electron chi connectivity index (χ4n) is 5.97. The molecule has 0 amide bonds. The molecule has 1 fully saturated rings. The Hall–Kier alpha value is -1.39. The lowest BCUT2D eigenvalue weighted by atomic mass is 9.75. The van der Waals surface area contributed by atoms with Gasteiger partial charge in [0, 0.05) is 30.3 Å². The first-order valence-corrected chi connectivity index (χ1v) is 15.0. The van der Waals surface area contributed by atoms with E-state index in [-0.39, 0.29) is 29.3 Å². The van der Waals surface area contributed by atoms with Crippen LogP contribution in [0.3, 0.4) is 0 Å². The normalized spacial score (nSPS) is 20.2. The zero-order valence-electron chi connectivity index (χ0n) is 24.3. The summed E-state index contributed by atoms with van der Waals surface area (Å²) in [7, 11) is 0. The third-order valence-corrected chi connectivity index (χ3v) is 8.20. The second-order valence-corrected chi connectivity index (χ2v) is 11.6. The number of ether oxygens (including phenoxy) is 1. The third-order valence-electron chi connectivity index (χ3n) is 8.20. The fourth-order valence-corrected chi connectivity index (χ4v) is 5.97. The first kappa shape index (κ1) is 30.8. The number of rotatable bonds is 17. The van der Waals surface area contributed by atoms with Crippen molar-refractivity contribution in [1.82, 2.24) is 5.06 Å². The van der Waals surface area contributed by atoms with Gasteiger partial charge in [-0.05, 0) is 45.6 Å². The van der Waals surface area contributed by atoms with E-state index in [1.165, 1.54) is 56.9 Å². The Balaban J connectivity index is 1.83. The molecule has 0 bridgehead atoms. The molecule has 4 heteroatoms. The molecule has 1 aromatic rings. The van der Waals surface area contributed by atoms with E-state index >= 15 is 0 Å². The summed E-state index contributed by atoms with van der Waals surface area (Å²) in [6, 6.07) is 10.4. The summed E-state index contributed by atoms with van der Waals surface area (Å²) in [5, 5.41) is 2.25. The van der Waals surface area contributed by atoms with E-state index in [1.807, 2.05) is 6.07 Å². The minimum Gasteiger partial charge on any atom is -0.462 e. The van der Waals surface area contributed by atoms with Crippen LogP contribution in [0.1, 0.15) is 150 Å². The topological polar surface area (TPSA) is 38.8 Å². The molecule has 2 unspecified atom stereocenters. The van der Waals surface area contributed by atoms with Crippen molar-refractivity contribution in [3.8, 4) is 0 Å². The second kappa shape index (κ2) is 15.8. The van der Waals surface area contributed by atoms with Crippen LogP contribution < -0.4 is 0 Å². The molecule has 2 atom stereocenters. The van der Waals surface area contributed by atoms with Crippen molar-refractivity contribution in [2.24, 2.45) is 0 Å². The Morgan fingerprint density at radius 1 is 0.889 bits per heavy atom. The molecule has 36 heavy (non-hydrogen) atoms. The van der Waals surface area contributed by atoms with Gasteiger partial charge < -0.3 is 4.74 Å². The molecule has 2 rings (SSSR count). The molecular weight excluding hydrogens is 446 g/mol. The maximum atomic E-state index is 12.7. The molecule has 1 heterocycles. The van der Waals surface area contributed by atoms with Gasteiger partial charge in [0.25, 0.3) is 0 Å². The summed E-state index contributed by atoms with van der Waals surface area (Å²) in [5.41, 5.74) is 0.807. The highest BCUT2D eigenvalue weighted by molar-refractivity contribution is 5.69. The van der Waals surface area contributed by atoms with Gasteiger partial charge in [-0.25, -0.2) is 0 Å². The number of unbranched alkanes of at least 4 members (excludes halogenated alkanes) is 9. The van der Waals surface area contributed by atoms with Gasteiger partial charge in [-0.1, -0.05) is 109 Å². The summed E-state index contributed by atoms with van der Waals surface area (Å²) in [6.45, 7) is 13.3. The number of nitrogens with zero attached hydrogens (tertiary/aromatic N) is 1. The van der Waals surface area contributed by atoms with Crippen molar-refractivity contribution in [2.45, 2.75) is 161 Å². The van der Waals surface area contributed by atoms with Crippen molar-refractivity contribution in [1.29, 1.82) is 0 Å². The van der Waals surface area contributed by atoms with Crippen molar-refractivity contribution in [2.75, 3.05) is 0 Å².